The molecule has 2 aromatic carbocycles. The Morgan fingerprint density at radius 2 is 1.74 bits per heavy atom. The molecule has 1 amide bonds. The van der Waals surface area contributed by atoms with E-state index in [-0.39, 0.29) is 36.5 Å². The summed E-state index contributed by atoms with van der Waals surface area (Å²) >= 11 is 0. The van der Waals surface area contributed by atoms with Crippen molar-refractivity contribution in [1.29, 1.82) is 5.41 Å². The molecule has 0 unspecified atom stereocenters. The lowest BCUT2D eigenvalue weighted by atomic mass is 9.84. The lowest BCUT2D eigenvalue weighted by Gasteiger charge is -2.29. The zero-order valence-electron chi connectivity index (χ0n) is 25.0. The van der Waals surface area contributed by atoms with Gasteiger partial charge in [0.1, 0.15) is 17.3 Å². The number of benzene rings is 2. The van der Waals surface area contributed by atoms with Gasteiger partial charge in [0.25, 0.3) is 5.91 Å². The van der Waals surface area contributed by atoms with E-state index < -0.39 is 18.0 Å². The van der Waals surface area contributed by atoms with E-state index in [0.717, 1.165) is 42.7 Å². The minimum absolute atomic E-state index is 0. The number of ether oxygens (including phenoxy) is 2. The number of rotatable bonds is 11. The Hall–Kier alpha value is -3.79. The molecule has 228 valence electrons. The highest BCUT2D eigenvalue weighted by molar-refractivity contribution is 6.08. The molecule has 0 aliphatic carbocycles. The maximum atomic E-state index is 13.8. The number of nitrogens with one attached hydrogen (secondary N) is 2. The van der Waals surface area contributed by atoms with Crippen LogP contribution in [0.4, 0.5) is 5.69 Å². The van der Waals surface area contributed by atoms with Gasteiger partial charge in [-0.1, -0.05) is 20.8 Å². The predicted octanol–water partition coefficient (Wildman–Crippen LogP) is 4.64. The van der Waals surface area contributed by atoms with Gasteiger partial charge in [-0.3, -0.25) is 15.0 Å². The van der Waals surface area contributed by atoms with Gasteiger partial charge in [-0.25, -0.2) is 4.79 Å². The van der Waals surface area contributed by atoms with Gasteiger partial charge in [-0.2, -0.15) is 0 Å². The van der Waals surface area contributed by atoms with Crippen molar-refractivity contribution in [2.45, 2.75) is 59.4 Å². The Bertz CT molecular complexity index is 1360. The third-order valence-electron chi connectivity index (χ3n) is 7.34. The first-order valence-electron chi connectivity index (χ1n) is 14.2. The normalized spacial score (nSPS) is 14.4. The number of carbonyl (C=O) groups is 3. The topological polar surface area (TPSA) is 132 Å². The lowest BCUT2D eigenvalue weighted by molar-refractivity contribution is -0.139. The fourth-order valence-electron chi connectivity index (χ4n) is 5.35. The van der Waals surface area contributed by atoms with Crippen molar-refractivity contribution in [3.8, 4) is 11.5 Å². The van der Waals surface area contributed by atoms with Gasteiger partial charge in [0.2, 0.25) is 0 Å². The third-order valence-corrected chi connectivity index (χ3v) is 7.34. The van der Waals surface area contributed by atoms with E-state index in [1.807, 2.05) is 34.6 Å². The quantitative estimate of drug-likeness (QED) is 0.318. The zero-order valence-corrected chi connectivity index (χ0v) is 25.8. The Morgan fingerprint density at radius 3 is 2.33 bits per heavy atom. The number of fused-ring (bicyclic) bond motifs is 1. The highest BCUT2D eigenvalue weighted by atomic mass is 35.5. The monoisotopic (exact) mass is 600 g/mol. The summed E-state index contributed by atoms with van der Waals surface area (Å²) in [5, 5.41) is 20.9. The number of hydrogen-bond donors (Lipinski definition) is 3. The molecule has 0 spiro atoms. The van der Waals surface area contributed by atoms with Gasteiger partial charge in [-0.15, -0.1) is 12.4 Å². The number of amidine groups is 1. The summed E-state index contributed by atoms with van der Waals surface area (Å²) in [4.78, 5) is 41.7. The molecule has 0 aromatic heterocycles. The summed E-state index contributed by atoms with van der Waals surface area (Å²) in [5.41, 5.74) is 3.36. The van der Waals surface area contributed by atoms with Gasteiger partial charge >= 0.3 is 5.97 Å². The van der Waals surface area contributed by atoms with Gasteiger partial charge in [0, 0.05) is 42.9 Å². The Morgan fingerprint density at radius 1 is 1.05 bits per heavy atom. The van der Waals surface area contributed by atoms with Gasteiger partial charge in [0.05, 0.1) is 24.4 Å². The summed E-state index contributed by atoms with van der Waals surface area (Å²) in [6.45, 7) is 12.0. The molecular formula is C31H41ClN4O6. The van der Waals surface area contributed by atoms with Gasteiger partial charge in [0.15, 0.2) is 12.4 Å². The highest BCUT2D eigenvalue weighted by Gasteiger charge is 2.32. The van der Waals surface area contributed by atoms with Crippen LogP contribution in [0.3, 0.4) is 0 Å². The third kappa shape index (κ3) is 6.98. The molecule has 4 rings (SSSR count). The molecule has 0 bridgehead atoms. The van der Waals surface area contributed by atoms with E-state index in [9.17, 15) is 19.5 Å². The number of amides is 1. The van der Waals surface area contributed by atoms with Crippen molar-refractivity contribution in [3.63, 3.8) is 0 Å². The molecule has 1 fully saturated rings. The average Bonchev–Trinajstić information content (AvgIpc) is 3.55. The highest BCUT2D eigenvalue weighted by Crippen LogP contribution is 2.42. The Labute approximate surface area is 253 Å². The molecule has 10 nitrogen and oxygen atoms in total. The molecule has 3 N–H and O–H groups in total. The number of nitrogens with zero attached hydrogens (tertiary/aromatic N) is 2. The molecule has 2 aromatic rings. The Balaban J connectivity index is 0.00000484. The first kappa shape index (κ1) is 32.7. The first-order chi connectivity index (χ1) is 19.4. The molecule has 42 heavy (non-hydrogen) atoms. The molecule has 2 aliphatic heterocycles. The summed E-state index contributed by atoms with van der Waals surface area (Å²) in [7, 11) is 0. The number of carboxylic acids is 1. The van der Waals surface area contributed by atoms with Crippen LogP contribution in [0, 0.1) is 5.41 Å². The van der Waals surface area contributed by atoms with Crippen LogP contribution in [0.25, 0.3) is 0 Å². The molecular weight excluding hydrogens is 560 g/mol. The second-order valence-electron chi connectivity index (χ2n) is 11.4. The molecule has 1 saturated heterocycles. The minimum Gasteiger partial charge on any atom is -0.493 e. The largest absolute Gasteiger partial charge is 0.493 e. The van der Waals surface area contributed by atoms with Crippen LogP contribution in [0.15, 0.2) is 24.3 Å². The summed E-state index contributed by atoms with van der Waals surface area (Å²) in [6.07, 6.45) is 2.01. The number of Topliss-reactive ketones (excluding diaryl/α,β-unsaturated/α-hetero) is 1. The lowest BCUT2D eigenvalue weighted by Crippen LogP contribution is -2.31. The zero-order chi connectivity index (χ0) is 29.9. The van der Waals surface area contributed by atoms with E-state index in [0.29, 0.717) is 47.9 Å². The maximum Gasteiger partial charge on any atom is 0.341 e. The smallest absolute Gasteiger partial charge is 0.341 e. The molecule has 11 heteroatoms. The fraction of sp³-hybridized carbons (Fsp3) is 0.484. The number of halogens is 1. The predicted molar refractivity (Wildman–Crippen MR) is 164 cm³/mol. The van der Waals surface area contributed by atoms with Crippen molar-refractivity contribution >= 4 is 41.6 Å². The van der Waals surface area contributed by atoms with E-state index in [1.54, 1.807) is 29.2 Å². The van der Waals surface area contributed by atoms with Crippen LogP contribution in [0.2, 0.25) is 0 Å². The molecule has 0 radical (unpaired) electrons. The minimum atomic E-state index is -1.06. The van der Waals surface area contributed by atoms with Crippen molar-refractivity contribution in [1.82, 2.24) is 10.2 Å². The second kappa shape index (κ2) is 13.5. The van der Waals surface area contributed by atoms with Crippen LogP contribution in [-0.2, 0) is 16.8 Å². The summed E-state index contributed by atoms with van der Waals surface area (Å²) in [5.74, 6) is -0.351. The number of hydrogen-bond acceptors (Lipinski definition) is 7. The van der Waals surface area contributed by atoms with Crippen molar-refractivity contribution in [2.75, 3.05) is 44.3 Å². The fourth-order valence-corrected chi connectivity index (χ4v) is 5.35. The van der Waals surface area contributed by atoms with Gasteiger partial charge < -0.3 is 29.7 Å². The van der Waals surface area contributed by atoms with Crippen LogP contribution in [0.1, 0.15) is 84.9 Å². The number of carboxylic acid groups (broad SMARTS) is 1. The van der Waals surface area contributed by atoms with Crippen LogP contribution in [-0.4, -0.2) is 72.9 Å². The van der Waals surface area contributed by atoms with E-state index >= 15 is 0 Å². The number of aliphatic carboxylic acids is 1. The van der Waals surface area contributed by atoms with Crippen molar-refractivity contribution in [3.05, 3.63) is 52.1 Å². The maximum absolute atomic E-state index is 13.8. The number of carbonyl (C=O) groups excluding carboxylic acids is 2. The van der Waals surface area contributed by atoms with Gasteiger partial charge in [-0.05, 0) is 61.9 Å². The molecule has 0 saturated carbocycles. The SMILES string of the molecule is CCNC(=O)c1cc2c(cc1OCC)CN(CC(=O)c1cc(N3CCCC3)c(OCC(=O)O)c(C(C)(C)C)c1)C2=N.Cl. The van der Waals surface area contributed by atoms with Crippen LogP contribution < -0.4 is 19.7 Å². The standard InChI is InChI=1S/C31H40N4O6.ClH/c1-6-33-30(39)22-15-21-20(14-26(22)40-7-2)16-35(29(21)32)17-25(36)19-12-23(31(3,4)5)28(41-18-27(37)38)24(13-19)34-10-8-9-11-34;/h12-15,32H,6-11,16-18H2,1-5H3,(H,33,39)(H,37,38);1H. The average molecular weight is 601 g/mol. The van der Waals surface area contributed by atoms with Crippen molar-refractivity contribution < 1.29 is 29.0 Å². The Kier molecular flexibility index (Phi) is 10.5. The summed E-state index contributed by atoms with van der Waals surface area (Å²) in [6, 6.07) is 7.07. The molecule has 2 heterocycles. The first-order valence-corrected chi connectivity index (χ1v) is 14.2. The van der Waals surface area contributed by atoms with E-state index in [2.05, 4.69) is 10.2 Å². The molecule has 0 atom stereocenters. The second-order valence-corrected chi connectivity index (χ2v) is 11.4. The van der Waals surface area contributed by atoms with Crippen LogP contribution in [0.5, 0.6) is 11.5 Å². The number of anilines is 1. The van der Waals surface area contributed by atoms with E-state index in [4.69, 9.17) is 14.9 Å². The van der Waals surface area contributed by atoms with Crippen molar-refractivity contribution in [2.24, 2.45) is 0 Å². The summed E-state index contributed by atoms with van der Waals surface area (Å²) < 4.78 is 11.6. The van der Waals surface area contributed by atoms with Crippen LogP contribution >= 0.6 is 12.4 Å². The molecule has 2 aliphatic rings. The number of ketones is 1. The van der Waals surface area contributed by atoms with E-state index in [1.165, 1.54) is 0 Å².